The van der Waals surface area contributed by atoms with Crippen molar-refractivity contribution in [2.45, 2.75) is 6.92 Å². The first-order valence-electron chi connectivity index (χ1n) is 4.13. The Morgan fingerprint density at radius 1 is 1.40 bits per heavy atom. The average Bonchev–Trinajstić information content (AvgIpc) is 2.71. The second-order valence-electron chi connectivity index (χ2n) is 3.00. The zero-order valence-corrected chi connectivity index (χ0v) is 10.9. The topological polar surface area (TPSA) is 17.1 Å². The number of halogens is 2. The van der Waals surface area contributed by atoms with E-state index in [9.17, 15) is 4.79 Å². The van der Waals surface area contributed by atoms with E-state index in [1.165, 1.54) is 22.7 Å². The van der Waals surface area contributed by atoms with Crippen molar-refractivity contribution in [2.24, 2.45) is 0 Å². The number of ketones is 1. The molecule has 0 atom stereocenters. The van der Waals surface area contributed by atoms with Gasteiger partial charge < -0.3 is 0 Å². The zero-order valence-electron chi connectivity index (χ0n) is 7.71. The van der Waals surface area contributed by atoms with Gasteiger partial charge in [-0.05, 0) is 30.0 Å². The van der Waals surface area contributed by atoms with Crippen LogP contribution in [0.3, 0.4) is 0 Å². The lowest BCUT2D eigenvalue weighted by molar-refractivity contribution is 0.104. The Hall–Kier alpha value is -0.350. The highest BCUT2D eigenvalue weighted by Gasteiger charge is 2.18. The van der Waals surface area contributed by atoms with Crippen LogP contribution in [0.5, 0.6) is 0 Å². The summed E-state index contributed by atoms with van der Waals surface area (Å²) in [6.07, 6.45) is 0. The molecule has 0 aromatic carbocycles. The van der Waals surface area contributed by atoms with Gasteiger partial charge in [-0.2, -0.15) is 0 Å². The molecule has 5 heteroatoms. The third-order valence-corrected chi connectivity index (χ3v) is 4.47. The van der Waals surface area contributed by atoms with Crippen molar-refractivity contribution in [3.63, 3.8) is 0 Å². The molecule has 78 valence electrons. The summed E-state index contributed by atoms with van der Waals surface area (Å²) in [7, 11) is 0. The van der Waals surface area contributed by atoms with E-state index in [-0.39, 0.29) is 5.78 Å². The van der Waals surface area contributed by atoms with Crippen LogP contribution in [0.1, 0.15) is 20.8 Å². The van der Waals surface area contributed by atoms with E-state index in [4.69, 9.17) is 23.2 Å². The summed E-state index contributed by atoms with van der Waals surface area (Å²) in [5.41, 5.74) is 1.47. The van der Waals surface area contributed by atoms with Gasteiger partial charge in [-0.3, -0.25) is 4.79 Å². The molecule has 0 amide bonds. The molecule has 0 N–H and O–H groups in total. The highest BCUT2D eigenvalue weighted by atomic mass is 35.5. The molecule has 0 radical (unpaired) electrons. The van der Waals surface area contributed by atoms with Gasteiger partial charge in [-0.25, -0.2) is 0 Å². The maximum atomic E-state index is 12.0. The summed E-state index contributed by atoms with van der Waals surface area (Å²) in [5, 5.41) is 1.89. The predicted molar refractivity (Wildman–Crippen MR) is 66.8 cm³/mol. The molecule has 0 spiro atoms. The Bertz CT molecular complexity index is 513. The van der Waals surface area contributed by atoms with E-state index in [0.717, 1.165) is 10.4 Å². The van der Waals surface area contributed by atoms with E-state index in [2.05, 4.69) is 0 Å². The van der Waals surface area contributed by atoms with Gasteiger partial charge in [0.25, 0.3) is 0 Å². The largest absolute Gasteiger partial charge is 0.288 e. The molecule has 0 aliphatic rings. The molecule has 0 bridgehead atoms. The number of rotatable bonds is 2. The summed E-state index contributed by atoms with van der Waals surface area (Å²) in [4.78, 5) is 12.8. The van der Waals surface area contributed by atoms with E-state index in [1.807, 2.05) is 18.4 Å². The van der Waals surface area contributed by atoms with Crippen molar-refractivity contribution in [3.05, 3.63) is 42.2 Å². The number of carbonyl (C=O) groups is 1. The fourth-order valence-corrected chi connectivity index (χ4v) is 3.56. The van der Waals surface area contributed by atoms with Gasteiger partial charge in [0.2, 0.25) is 5.78 Å². The fraction of sp³-hybridized carbons (Fsp3) is 0.100. The van der Waals surface area contributed by atoms with Crippen LogP contribution in [-0.4, -0.2) is 5.78 Å². The zero-order chi connectivity index (χ0) is 11.0. The van der Waals surface area contributed by atoms with Gasteiger partial charge in [0.15, 0.2) is 0 Å². The van der Waals surface area contributed by atoms with Crippen molar-refractivity contribution in [1.82, 2.24) is 0 Å². The Labute approximate surface area is 105 Å². The number of carbonyl (C=O) groups excluding carboxylic acids is 1. The minimum absolute atomic E-state index is 0.0457. The van der Waals surface area contributed by atoms with Crippen LogP contribution in [0.4, 0.5) is 0 Å². The molecule has 0 fully saturated rings. The van der Waals surface area contributed by atoms with Crippen molar-refractivity contribution < 1.29 is 4.79 Å². The first kappa shape index (κ1) is 11.1. The van der Waals surface area contributed by atoms with Crippen LogP contribution in [-0.2, 0) is 0 Å². The molecule has 0 saturated carbocycles. The van der Waals surface area contributed by atoms with E-state index in [1.54, 1.807) is 6.07 Å². The molecule has 0 aliphatic carbocycles. The molecule has 2 aromatic heterocycles. The van der Waals surface area contributed by atoms with Gasteiger partial charge >= 0.3 is 0 Å². The summed E-state index contributed by atoms with van der Waals surface area (Å²) >= 11 is 14.4. The molecular formula is C10H6Cl2OS2. The smallest absolute Gasteiger partial charge is 0.205 e. The van der Waals surface area contributed by atoms with E-state index in [0.29, 0.717) is 14.2 Å². The fourth-order valence-electron chi connectivity index (χ4n) is 1.22. The average molecular weight is 277 g/mol. The lowest BCUT2D eigenvalue weighted by Crippen LogP contribution is -1.98. The molecule has 0 aliphatic heterocycles. The highest BCUT2D eigenvalue weighted by molar-refractivity contribution is 7.20. The monoisotopic (exact) mass is 276 g/mol. The number of aryl methyl sites for hydroxylation is 1. The number of thiophene rings is 2. The molecule has 15 heavy (non-hydrogen) atoms. The van der Waals surface area contributed by atoms with Crippen molar-refractivity contribution in [1.29, 1.82) is 0 Å². The van der Waals surface area contributed by atoms with Crippen LogP contribution in [0.25, 0.3) is 0 Å². The van der Waals surface area contributed by atoms with Crippen LogP contribution in [0.2, 0.25) is 8.67 Å². The van der Waals surface area contributed by atoms with Gasteiger partial charge in [-0.1, -0.05) is 23.2 Å². The van der Waals surface area contributed by atoms with Gasteiger partial charge in [0, 0.05) is 0 Å². The van der Waals surface area contributed by atoms with Crippen molar-refractivity contribution in [2.75, 3.05) is 0 Å². The number of hydrogen-bond acceptors (Lipinski definition) is 3. The van der Waals surface area contributed by atoms with Gasteiger partial charge in [0.1, 0.15) is 4.34 Å². The predicted octanol–water partition coefficient (Wildman–Crippen LogP) is 4.66. The Kier molecular flexibility index (Phi) is 3.16. The third-order valence-electron chi connectivity index (χ3n) is 1.97. The van der Waals surface area contributed by atoms with Crippen LogP contribution in [0, 0.1) is 6.92 Å². The molecular weight excluding hydrogens is 271 g/mol. The molecule has 0 saturated heterocycles. The maximum absolute atomic E-state index is 12.0. The van der Waals surface area contributed by atoms with E-state index < -0.39 is 0 Å². The highest BCUT2D eigenvalue weighted by Crippen LogP contribution is 2.33. The second-order valence-corrected chi connectivity index (χ2v) is 6.20. The standard InChI is InChI=1S/C10H6Cl2OS2/c1-5-2-3-14-9(5)8(13)6-4-7(11)15-10(6)12/h2-4H,1H3. The lowest BCUT2D eigenvalue weighted by Gasteiger charge is -1.96. The summed E-state index contributed by atoms with van der Waals surface area (Å²) in [5.74, 6) is -0.0457. The first-order valence-corrected chi connectivity index (χ1v) is 6.58. The Balaban J connectivity index is 2.45. The Morgan fingerprint density at radius 3 is 2.60 bits per heavy atom. The molecule has 2 aromatic rings. The van der Waals surface area contributed by atoms with Crippen molar-refractivity contribution >= 4 is 51.7 Å². The third kappa shape index (κ3) is 2.11. The summed E-state index contributed by atoms with van der Waals surface area (Å²) < 4.78 is 0.996. The minimum Gasteiger partial charge on any atom is -0.288 e. The minimum atomic E-state index is -0.0457. The lowest BCUT2D eigenvalue weighted by atomic mass is 10.1. The maximum Gasteiger partial charge on any atom is 0.205 e. The summed E-state index contributed by atoms with van der Waals surface area (Å²) in [6.45, 7) is 1.91. The van der Waals surface area contributed by atoms with Gasteiger partial charge in [-0.15, -0.1) is 22.7 Å². The molecule has 2 rings (SSSR count). The van der Waals surface area contributed by atoms with Crippen LogP contribution < -0.4 is 0 Å². The quantitative estimate of drug-likeness (QED) is 0.730. The SMILES string of the molecule is Cc1ccsc1C(=O)c1cc(Cl)sc1Cl. The number of hydrogen-bond donors (Lipinski definition) is 0. The molecule has 0 unspecified atom stereocenters. The van der Waals surface area contributed by atoms with Gasteiger partial charge in [0.05, 0.1) is 14.8 Å². The normalized spacial score (nSPS) is 10.6. The second kappa shape index (κ2) is 4.26. The molecule has 1 nitrogen and oxygen atoms in total. The molecule has 2 heterocycles. The van der Waals surface area contributed by atoms with E-state index >= 15 is 0 Å². The van der Waals surface area contributed by atoms with Crippen molar-refractivity contribution in [3.8, 4) is 0 Å². The van der Waals surface area contributed by atoms with Crippen LogP contribution in [0.15, 0.2) is 17.5 Å². The first-order chi connectivity index (χ1) is 7.09. The van der Waals surface area contributed by atoms with Crippen LogP contribution >= 0.6 is 45.9 Å². The Morgan fingerprint density at radius 2 is 2.13 bits per heavy atom. The summed E-state index contributed by atoms with van der Waals surface area (Å²) in [6, 6.07) is 3.54.